The third-order valence-corrected chi connectivity index (χ3v) is 25.4. The van der Waals surface area contributed by atoms with E-state index in [4.69, 9.17) is 53.2 Å². The number of carbonyl (C=O) groups is 8. The van der Waals surface area contributed by atoms with Gasteiger partial charge in [0.15, 0.2) is 22.8 Å². The predicted octanol–water partition coefficient (Wildman–Crippen LogP) is 19.3. The zero-order valence-corrected chi connectivity index (χ0v) is 82.3. The topological polar surface area (TPSA) is 411 Å². The second-order valence-corrected chi connectivity index (χ2v) is 38.1. The summed E-state index contributed by atoms with van der Waals surface area (Å²) in [6, 6.07) is 28.0. The second-order valence-electron chi connectivity index (χ2n) is 38.1. The van der Waals surface area contributed by atoms with Crippen molar-refractivity contribution in [2.75, 3.05) is 56.9 Å². The van der Waals surface area contributed by atoms with Gasteiger partial charge in [0.2, 0.25) is 0 Å². The molecular weight excluding hydrogens is 1730 g/mol. The van der Waals surface area contributed by atoms with E-state index in [0.717, 1.165) is 129 Å². The number of nitrogens with zero attached hydrogens (tertiary/aromatic N) is 8. The number of rotatable bonds is 41. The number of ether oxygens (including phenoxy) is 8. The van der Waals surface area contributed by atoms with Crippen molar-refractivity contribution in [2.24, 2.45) is 41.4 Å². The molecule has 0 spiro atoms. The normalized spacial score (nSPS) is 17.1. The standard InChI is InChI=1S/3C26H37N3O5.C25H35N3O5/c1-16(2)12-18(14-24(30)31)27-26(32)20-15-21(25-22(33-4)10-7-11-23(25)34-5)29(28-20)19-9-6-8-17(3)13-19;1-16(2)13-18(14-24(30)31)27-26(32)20-15-21(25-22(33-4)7-6-8-23(25)34-5)29(28-20)19-11-9-17(3)10-12-19;1-17(2)13-19(14-24(30)31)27-26(32)20-15-21(25-22(33-3)11-8-12-23(25)34-4)29(28-20)16-18-9-6-5-7-10-18;1-16(2)13-17(14-23(29)30)26-25(31)19-15-20(28(27-19)18-9-6-5-7-10-18)24-21(32-3)11-8-12-22(24)33-4/h7,10-11,15-19H,6,8-9,12-14H2,1-5H3,(H,27,32)(H,30,31);6-8,15-19H,9-14H2,1-5H3,(H,27,32)(H,30,31);8,11-12,15,17-19H,5-7,9-10,13-14,16H2,1-4H3,(H,27,32)(H,30,31);8,11-12,15-18H,5-7,9-10,13-14H2,1-4H3,(H,26,31)(H,29,30)/t2*17?,18-,19?;19-;17-/m0000/s1. The zero-order chi connectivity index (χ0) is 98.3. The van der Waals surface area contributed by atoms with E-state index in [1.165, 1.54) is 32.1 Å². The molecule has 4 aliphatic carbocycles. The first kappa shape index (κ1) is 107. The third kappa shape index (κ3) is 30.4. The Morgan fingerprint density at radius 1 is 0.326 bits per heavy atom. The van der Waals surface area contributed by atoms with Crippen molar-refractivity contribution in [1.82, 2.24) is 60.4 Å². The minimum Gasteiger partial charge on any atom is -0.496 e. The van der Waals surface area contributed by atoms with Gasteiger partial charge in [-0.1, -0.05) is 145 Å². The Kier molecular flexibility index (Phi) is 41.1. The van der Waals surface area contributed by atoms with E-state index in [9.17, 15) is 58.8 Å². The number of carboxylic acid groups (broad SMARTS) is 4. The number of benzene rings is 4. The van der Waals surface area contributed by atoms with Crippen molar-refractivity contribution in [3.05, 3.63) is 120 Å². The molecule has 4 amide bonds. The first-order valence-electron chi connectivity index (χ1n) is 47.9. The van der Waals surface area contributed by atoms with Crippen LogP contribution in [-0.4, -0.2) is 188 Å². The van der Waals surface area contributed by atoms with Gasteiger partial charge in [-0.15, -0.1) is 0 Å². The van der Waals surface area contributed by atoms with E-state index in [1.807, 2.05) is 147 Å². The summed E-state index contributed by atoms with van der Waals surface area (Å²) in [4.78, 5) is 98.1. The average molecular weight is 1870 g/mol. The van der Waals surface area contributed by atoms with Crippen molar-refractivity contribution in [2.45, 2.75) is 285 Å². The molecule has 135 heavy (non-hydrogen) atoms. The number of hydrogen-bond acceptors (Lipinski definition) is 20. The van der Waals surface area contributed by atoms with Crippen LogP contribution in [0.5, 0.6) is 46.0 Å². The molecule has 0 aliphatic heterocycles. The molecule has 32 heteroatoms. The quantitative estimate of drug-likeness (QED) is 0.0176. The Hall–Kier alpha value is -12.1. The molecule has 8 N–H and O–H groups in total. The van der Waals surface area contributed by atoms with Crippen molar-refractivity contribution in [3.63, 3.8) is 0 Å². The molecule has 738 valence electrons. The van der Waals surface area contributed by atoms with E-state index in [-0.39, 0.29) is 114 Å². The fraction of sp³-hybridized carbons (Fsp3) is 0.573. The molecule has 32 nitrogen and oxygen atoms in total. The van der Waals surface area contributed by atoms with Crippen LogP contribution < -0.4 is 59.2 Å². The fourth-order valence-electron chi connectivity index (χ4n) is 19.2. The number of amides is 4. The molecule has 6 atom stereocenters. The number of carboxylic acids is 4. The van der Waals surface area contributed by atoms with Crippen LogP contribution in [0.3, 0.4) is 0 Å². The van der Waals surface area contributed by atoms with Gasteiger partial charge in [-0.2, -0.15) is 20.4 Å². The van der Waals surface area contributed by atoms with Gasteiger partial charge >= 0.3 is 23.9 Å². The number of carbonyl (C=O) groups excluding carboxylic acids is 4. The number of nitrogens with one attached hydrogen (secondary N) is 4. The minimum atomic E-state index is -0.938. The zero-order valence-electron chi connectivity index (χ0n) is 82.3. The largest absolute Gasteiger partial charge is 0.496 e. The molecule has 4 fully saturated rings. The molecule has 0 radical (unpaired) electrons. The van der Waals surface area contributed by atoms with Crippen LogP contribution in [-0.2, 0) is 25.7 Å². The maximum Gasteiger partial charge on any atom is 0.305 e. The highest BCUT2D eigenvalue weighted by molar-refractivity contribution is 5.97. The molecule has 4 saturated carbocycles. The number of methoxy groups -OCH3 is 8. The lowest BCUT2D eigenvalue weighted by atomic mass is 9.87. The van der Waals surface area contributed by atoms with E-state index < -0.39 is 48.0 Å². The van der Waals surface area contributed by atoms with Gasteiger partial charge in [-0.25, -0.2) is 0 Å². The van der Waals surface area contributed by atoms with Gasteiger partial charge in [0, 0.05) is 30.7 Å². The highest BCUT2D eigenvalue weighted by atomic mass is 16.5. The molecule has 4 aromatic carbocycles. The number of aliphatic carboxylic acids is 4. The molecule has 4 heterocycles. The maximum atomic E-state index is 13.2. The minimum absolute atomic E-state index is 0.125. The van der Waals surface area contributed by atoms with Gasteiger partial charge in [0.25, 0.3) is 23.6 Å². The second kappa shape index (κ2) is 52.1. The molecule has 0 saturated heterocycles. The summed E-state index contributed by atoms with van der Waals surface area (Å²) in [5.74, 6) is 2.62. The average Bonchev–Trinajstić information content (AvgIpc) is 1.67. The van der Waals surface area contributed by atoms with Crippen LogP contribution in [0.1, 0.15) is 296 Å². The highest BCUT2D eigenvalue weighted by Crippen LogP contribution is 2.47. The van der Waals surface area contributed by atoms with E-state index in [1.54, 1.807) is 81.1 Å². The third-order valence-electron chi connectivity index (χ3n) is 25.4. The summed E-state index contributed by atoms with van der Waals surface area (Å²) in [6.45, 7) is 21.3. The van der Waals surface area contributed by atoms with Crippen molar-refractivity contribution < 1.29 is 96.7 Å². The molecule has 4 aliphatic rings. The van der Waals surface area contributed by atoms with Crippen LogP contribution >= 0.6 is 0 Å². The summed E-state index contributed by atoms with van der Waals surface area (Å²) in [5.41, 5.74) is 7.10. The Bertz CT molecular complexity index is 5110. The molecule has 2 unspecified atom stereocenters. The van der Waals surface area contributed by atoms with Crippen LogP contribution in [0.25, 0.3) is 45.0 Å². The summed E-state index contributed by atoms with van der Waals surface area (Å²) in [5, 5.41) is 67.6. The van der Waals surface area contributed by atoms with Gasteiger partial charge < -0.3 is 79.6 Å². The first-order chi connectivity index (χ1) is 64.6. The summed E-state index contributed by atoms with van der Waals surface area (Å²) >= 11 is 0. The molecule has 12 rings (SSSR count). The Labute approximate surface area is 794 Å². The predicted molar refractivity (Wildman–Crippen MR) is 517 cm³/mol. The molecular formula is C103H146N12O20. The van der Waals surface area contributed by atoms with E-state index in [2.05, 4.69) is 40.2 Å². The van der Waals surface area contributed by atoms with Crippen LogP contribution in [0, 0.1) is 41.4 Å². The van der Waals surface area contributed by atoms with Crippen LogP contribution in [0.15, 0.2) is 97.1 Å². The monoisotopic (exact) mass is 1870 g/mol. The van der Waals surface area contributed by atoms with Crippen LogP contribution in [0.2, 0.25) is 0 Å². The molecule has 0 bridgehead atoms. The molecule has 4 aromatic heterocycles. The Morgan fingerprint density at radius 3 is 0.867 bits per heavy atom. The lowest BCUT2D eigenvalue weighted by Crippen LogP contribution is -2.37. The lowest BCUT2D eigenvalue weighted by molar-refractivity contribution is -0.138. The van der Waals surface area contributed by atoms with Crippen molar-refractivity contribution >= 4 is 47.5 Å². The van der Waals surface area contributed by atoms with Crippen molar-refractivity contribution in [1.29, 1.82) is 0 Å². The summed E-state index contributed by atoms with van der Waals surface area (Å²) in [7, 11) is 12.9. The summed E-state index contributed by atoms with van der Waals surface area (Å²) < 4.78 is 52.7. The van der Waals surface area contributed by atoms with Gasteiger partial charge in [0.1, 0.15) is 46.0 Å². The Balaban J connectivity index is 0.000000202. The highest BCUT2D eigenvalue weighted by Gasteiger charge is 2.35. The maximum absolute atomic E-state index is 13.2. The Morgan fingerprint density at radius 2 is 0.585 bits per heavy atom. The SMILES string of the molecule is COc1cccc(OC)c1-c1cc(C(=O)N[C@H](CC(=O)O)CC(C)C)nn1C1CCC(C)CC1.COc1cccc(OC)c1-c1cc(C(=O)N[C@H](CC(=O)O)CC(C)C)nn1C1CCCC(C)C1.COc1cccc(OC)c1-c1cc(C(=O)N[C@H](CC(=O)O)CC(C)C)nn1C1CCCCC1.COc1cccc(OC)c1-c1cc(C(=O)N[C@H](CC(=O)O)CC(C)C)nn1CC1CCCCC1. The lowest BCUT2D eigenvalue weighted by Gasteiger charge is -2.28. The van der Waals surface area contributed by atoms with E-state index in [0.29, 0.717) is 96.0 Å². The number of hydrogen-bond donors (Lipinski definition) is 8. The summed E-state index contributed by atoms with van der Waals surface area (Å²) in [6.07, 6.45) is 21.6. The van der Waals surface area contributed by atoms with Gasteiger partial charge in [-0.05, 0) is 204 Å². The smallest absolute Gasteiger partial charge is 0.305 e. The van der Waals surface area contributed by atoms with Crippen LogP contribution in [0.4, 0.5) is 0 Å². The number of aromatic nitrogens is 8. The fourth-order valence-corrected chi connectivity index (χ4v) is 19.2. The van der Waals surface area contributed by atoms with Gasteiger partial charge in [-0.3, -0.25) is 57.1 Å². The van der Waals surface area contributed by atoms with E-state index >= 15 is 0 Å². The van der Waals surface area contributed by atoms with Crippen molar-refractivity contribution in [3.8, 4) is 91.0 Å². The molecule has 8 aromatic rings. The first-order valence-corrected chi connectivity index (χ1v) is 47.9. The van der Waals surface area contributed by atoms with Gasteiger partial charge in [0.05, 0.1) is 146 Å².